The molecule has 2 rings (SSSR count). The summed E-state index contributed by atoms with van der Waals surface area (Å²) in [6.45, 7) is 1.80. The Balaban J connectivity index is 2.31. The number of halogens is 2. The Bertz CT molecular complexity index is 643. The van der Waals surface area contributed by atoms with Gasteiger partial charge < -0.3 is 10.5 Å². The first-order chi connectivity index (χ1) is 8.97. The van der Waals surface area contributed by atoms with E-state index in [0.717, 1.165) is 5.56 Å². The largest absolute Gasteiger partial charge is 0.456 e. The molecule has 2 N–H and O–H groups in total. The van der Waals surface area contributed by atoms with Gasteiger partial charge in [-0.1, -0.05) is 0 Å². The Morgan fingerprint density at radius 3 is 2.47 bits per heavy atom. The first kappa shape index (κ1) is 13.5. The summed E-state index contributed by atoms with van der Waals surface area (Å²) in [4.78, 5) is 11.0. The fourth-order valence-electron chi connectivity index (χ4n) is 1.59. The number of carbonyl (C=O) groups is 1. The van der Waals surface area contributed by atoms with Gasteiger partial charge in [-0.05, 0) is 64.8 Å². The van der Waals surface area contributed by atoms with Crippen LogP contribution in [0.15, 0.2) is 40.9 Å². The predicted octanol–water partition coefficient (Wildman–Crippen LogP) is 3.79. The van der Waals surface area contributed by atoms with Crippen molar-refractivity contribution in [2.75, 3.05) is 0 Å². The van der Waals surface area contributed by atoms with Gasteiger partial charge in [0.15, 0.2) is 0 Å². The fourth-order valence-corrected chi connectivity index (χ4v) is 2.03. The number of nitrogens with two attached hydrogens (primary N) is 1. The van der Waals surface area contributed by atoms with E-state index in [-0.39, 0.29) is 5.82 Å². The number of ether oxygens (including phenoxy) is 1. The number of benzene rings is 2. The maximum absolute atomic E-state index is 13.0. The van der Waals surface area contributed by atoms with Crippen molar-refractivity contribution in [1.29, 1.82) is 0 Å². The number of primary amides is 1. The molecule has 0 saturated heterocycles. The third-order valence-electron chi connectivity index (χ3n) is 2.57. The zero-order valence-electron chi connectivity index (χ0n) is 10.1. The maximum atomic E-state index is 13.0. The van der Waals surface area contributed by atoms with Gasteiger partial charge in [-0.25, -0.2) is 4.39 Å². The third-order valence-corrected chi connectivity index (χ3v) is 3.19. The van der Waals surface area contributed by atoms with Crippen LogP contribution in [-0.4, -0.2) is 5.91 Å². The van der Waals surface area contributed by atoms with Crippen molar-refractivity contribution in [3.05, 3.63) is 57.8 Å². The van der Waals surface area contributed by atoms with Crippen molar-refractivity contribution in [1.82, 2.24) is 0 Å². The molecule has 0 aliphatic carbocycles. The van der Waals surface area contributed by atoms with E-state index in [0.29, 0.717) is 21.5 Å². The minimum Gasteiger partial charge on any atom is -0.456 e. The van der Waals surface area contributed by atoms with Crippen LogP contribution < -0.4 is 10.5 Å². The second-order valence-electron chi connectivity index (χ2n) is 4.02. The van der Waals surface area contributed by atoms with Crippen LogP contribution in [0.3, 0.4) is 0 Å². The molecule has 0 aliphatic heterocycles. The van der Waals surface area contributed by atoms with Crippen LogP contribution in [0.4, 0.5) is 4.39 Å². The SMILES string of the molecule is Cc1cc(C(N)=O)ccc1Oc1ccc(F)cc1Br. The van der Waals surface area contributed by atoms with Gasteiger partial charge in [0.25, 0.3) is 0 Å². The van der Waals surface area contributed by atoms with Gasteiger partial charge in [-0.2, -0.15) is 0 Å². The van der Waals surface area contributed by atoms with Crippen molar-refractivity contribution in [3.8, 4) is 11.5 Å². The highest BCUT2D eigenvalue weighted by atomic mass is 79.9. The second kappa shape index (κ2) is 5.40. The van der Waals surface area contributed by atoms with E-state index in [9.17, 15) is 9.18 Å². The monoisotopic (exact) mass is 323 g/mol. The number of rotatable bonds is 3. The molecule has 2 aromatic carbocycles. The molecule has 0 unspecified atom stereocenters. The van der Waals surface area contributed by atoms with E-state index < -0.39 is 5.91 Å². The predicted molar refractivity (Wildman–Crippen MR) is 73.9 cm³/mol. The minimum absolute atomic E-state index is 0.347. The molecule has 0 atom stereocenters. The van der Waals surface area contributed by atoms with Crippen LogP contribution in [0, 0.1) is 12.7 Å². The smallest absolute Gasteiger partial charge is 0.248 e. The van der Waals surface area contributed by atoms with Crippen molar-refractivity contribution in [2.45, 2.75) is 6.92 Å². The molecule has 0 saturated carbocycles. The number of aryl methyl sites for hydroxylation is 1. The average molecular weight is 324 g/mol. The van der Waals surface area contributed by atoms with E-state index in [1.807, 2.05) is 0 Å². The molecule has 0 heterocycles. The van der Waals surface area contributed by atoms with E-state index in [2.05, 4.69) is 15.9 Å². The molecule has 5 heteroatoms. The lowest BCUT2D eigenvalue weighted by Crippen LogP contribution is -2.10. The van der Waals surface area contributed by atoms with Crippen LogP contribution >= 0.6 is 15.9 Å². The van der Waals surface area contributed by atoms with E-state index in [1.54, 1.807) is 25.1 Å². The van der Waals surface area contributed by atoms with Crippen molar-refractivity contribution >= 4 is 21.8 Å². The maximum Gasteiger partial charge on any atom is 0.248 e. The van der Waals surface area contributed by atoms with Crippen LogP contribution in [-0.2, 0) is 0 Å². The van der Waals surface area contributed by atoms with Gasteiger partial charge in [0.05, 0.1) is 4.47 Å². The molecule has 0 spiro atoms. The summed E-state index contributed by atoms with van der Waals surface area (Å²) >= 11 is 3.23. The van der Waals surface area contributed by atoms with Gasteiger partial charge in [-0.15, -0.1) is 0 Å². The van der Waals surface area contributed by atoms with Gasteiger partial charge in [-0.3, -0.25) is 4.79 Å². The highest BCUT2D eigenvalue weighted by Crippen LogP contribution is 2.32. The van der Waals surface area contributed by atoms with E-state index in [4.69, 9.17) is 10.5 Å². The lowest BCUT2D eigenvalue weighted by molar-refractivity contribution is 0.1000. The van der Waals surface area contributed by atoms with Crippen LogP contribution in [0.2, 0.25) is 0 Å². The Morgan fingerprint density at radius 1 is 1.21 bits per heavy atom. The van der Waals surface area contributed by atoms with Crippen LogP contribution in [0.5, 0.6) is 11.5 Å². The van der Waals surface area contributed by atoms with Crippen molar-refractivity contribution in [2.24, 2.45) is 5.73 Å². The molecular formula is C14H11BrFNO2. The summed E-state index contributed by atoms with van der Waals surface area (Å²) in [5.41, 5.74) is 6.39. The molecule has 0 bridgehead atoms. The summed E-state index contributed by atoms with van der Waals surface area (Å²) in [7, 11) is 0. The molecule has 1 amide bonds. The first-order valence-electron chi connectivity index (χ1n) is 5.51. The molecule has 3 nitrogen and oxygen atoms in total. The lowest BCUT2D eigenvalue weighted by Gasteiger charge is -2.11. The Kier molecular flexibility index (Phi) is 3.85. The number of hydrogen-bond acceptors (Lipinski definition) is 2. The highest BCUT2D eigenvalue weighted by Gasteiger charge is 2.08. The van der Waals surface area contributed by atoms with Crippen molar-refractivity contribution < 1.29 is 13.9 Å². The number of carbonyl (C=O) groups excluding carboxylic acids is 1. The lowest BCUT2D eigenvalue weighted by atomic mass is 10.1. The Labute approximate surface area is 118 Å². The van der Waals surface area contributed by atoms with Crippen LogP contribution in [0.1, 0.15) is 15.9 Å². The van der Waals surface area contributed by atoms with E-state index in [1.165, 1.54) is 18.2 Å². The third kappa shape index (κ3) is 3.12. The summed E-state index contributed by atoms with van der Waals surface area (Å²) < 4.78 is 19.2. The molecule has 0 radical (unpaired) electrons. The van der Waals surface area contributed by atoms with E-state index >= 15 is 0 Å². The molecule has 98 valence electrons. The first-order valence-corrected chi connectivity index (χ1v) is 6.30. The average Bonchev–Trinajstić information content (AvgIpc) is 2.34. The minimum atomic E-state index is -0.488. The summed E-state index contributed by atoms with van der Waals surface area (Å²) in [6.07, 6.45) is 0. The molecule has 2 aromatic rings. The zero-order valence-corrected chi connectivity index (χ0v) is 11.7. The molecule has 0 aromatic heterocycles. The highest BCUT2D eigenvalue weighted by molar-refractivity contribution is 9.10. The molecule has 19 heavy (non-hydrogen) atoms. The fraction of sp³-hybridized carbons (Fsp3) is 0.0714. The quantitative estimate of drug-likeness (QED) is 0.934. The van der Waals surface area contributed by atoms with Crippen molar-refractivity contribution in [3.63, 3.8) is 0 Å². The topological polar surface area (TPSA) is 52.3 Å². The van der Waals surface area contributed by atoms with Gasteiger partial charge in [0, 0.05) is 5.56 Å². The molecule has 0 aliphatic rings. The summed E-state index contributed by atoms with van der Waals surface area (Å²) in [6, 6.07) is 9.05. The summed E-state index contributed by atoms with van der Waals surface area (Å²) in [5.74, 6) is 0.242. The Morgan fingerprint density at radius 2 is 1.89 bits per heavy atom. The normalized spacial score (nSPS) is 10.3. The number of hydrogen-bond donors (Lipinski definition) is 1. The molecular weight excluding hydrogens is 313 g/mol. The van der Waals surface area contributed by atoms with Gasteiger partial charge in [0.1, 0.15) is 17.3 Å². The zero-order chi connectivity index (χ0) is 14.0. The number of amides is 1. The standard InChI is InChI=1S/C14H11BrFNO2/c1-8-6-9(14(17)18)2-4-12(8)19-13-5-3-10(16)7-11(13)15/h2-7H,1H3,(H2,17,18). The molecule has 0 fully saturated rings. The second-order valence-corrected chi connectivity index (χ2v) is 4.88. The van der Waals surface area contributed by atoms with Gasteiger partial charge >= 0.3 is 0 Å². The Hall–Kier alpha value is -1.88. The summed E-state index contributed by atoms with van der Waals surface area (Å²) in [5, 5.41) is 0. The van der Waals surface area contributed by atoms with Gasteiger partial charge in [0.2, 0.25) is 5.91 Å². The van der Waals surface area contributed by atoms with Crippen LogP contribution in [0.25, 0.3) is 0 Å².